The van der Waals surface area contributed by atoms with Crippen molar-refractivity contribution in [1.29, 1.82) is 0 Å². The van der Waals surface area contributed by atoms with E-state index in [-0.39, 0.29) is 18.3 Å². The molecule has 0 bridgehead atoms. The second-order valence-corrected chi connectivity index (χ2v) is 7.96. The van der Waals surface area contributed by atoms with Crippen LogP contribution in [0.25, 0.3) is 6.08 Å². The summed E-state index contributed by atoms with van der Waals surface area (Å²) in [4.78, 5) is 25.2. The highest BCUT2D eigenvalue weighted by Crippen LogP contribution is 2.41. The molecule has 1 saturated heterocycles. The minimum absolute atomic E-state index is 0.123. The molecule has 1 fully saturated rings. The number of allylic oxidation sites excluding steroid dienone is 1. The van der Waals surface area contributed by atoms with E-state index in [0.29, 0.717) is 58.6 Å². The standard InChI is InChI=1S/C23H19ClO7/c1-12-17(31-23(26)18-3-2-6-28-18)5-4-16-20(25)19(30-21(12)16)9-13-7-15(24)8-14-10-27-11-29-22(13)14/h4-5,7-9,18H,2-3,6,10-11H2,1H3/b19-9-. The number of esters is 1. The van der Waals surface area contributed by atoms with Gasteiger partial charge in [-0.25, -0.2) is 4.79 Å². The van der Waals surface area contributed by atoms with Crippen LogP contribution in [0.2, 0.25) is 5.02 Å². The zero-order valence-electron chi connectivity index (χ0n) is 16.7. The van der Waals surface area contributed by atoms with E-state index in [2.05, 4.69) is 0 Å². The monoisotopic (exact) mass is 442 g/mol. The van der Waals surface area contributed by atoms with Crippen LogP contribution in [0.5, 0.6) is 17.2 Å². The molecule has 2 aromatic carbocycles. The lowest BCUT2D eigenvalue weighted by atomic mass is 10.0. The molecule has 31 heavy (non-hydrogen) atoms. The number of hydrogen-bond donors (Lipinski definition) is 0. The molecule has 0 spiro atoms. The van der Waals surface area contributed by atoms with E-state index in [1.54, 1.807) is 37.3 Å². The lowest BCUT2D eigenvalue weighted by Gasteiger charge is -2.20. The summed E-state index contributed by atoms with van der Waals surface area (Å²) in [6.45, 7) is 2.80. The lowest BCUT2D eigenvalue weighted by Crippen LogP contribution is -2.25. The molecule has 3 aliphatic rings. The highest BCUT2D eigenvalue weighted by atomic mass is 35.5. The van der Waals surface area contributed by atoms with Gasteiger partial charge in [-0.2, -0.15) is 0 Å². The number of ketones is 1. The third-order valence-corrected chi connectivity index (χ3v) is 5.65. The molecule has 0 aromatic heterocycles. The van der Waals surface area contributed by atoms with Gasteiger partial charge in [-0.05, 0) is 50.1 Å². The van der Waals surface area contributed by atoms with Gasteiger partial charge in [0.1, 0.15) is 17.2 Å². The summed E-state index contributed by atoms with van der Waals surface area (Å²) in [7, 11) is 0. The summed E-state index contributed by atoms with van der Waals surface area (Å²) in [5.41, 5.74) is 2.40. The maximum absolute atomic E-state index is 12.9. The van der Waals surface area contributed by atoms with E-state index in [9.17, 15) is 9.59 Å². The van der Waals surface area contributed by atoms with Crippen LogP contribution < -0.4 is 14.2 Å². The van der Waals surface area contributed by atoms with Crippen LogP contribution in [0.15, 0.2) is 30.0 Å². The van der Waals surface area contributed by atoms with Crippen molar-refractivity contribution in [3.05, 3.63) is 57.3 Å². The molecule has 0 aliphatic carbocycles. The van der Waals surface area contributed by atoms with Gasteiger partial charge in [0.05, 0.1) is 12.2 Å². The molecule has 1 unspecified atom stereocenters. The summed E-state index contributed by atoms with van der Waals surface area (Å²) in [5, 5.41) is 0.502. The molecule has 0 radical (unpaired) electrons. The van der Waals surface area contributed by atoms with E-state index < -0.39 is 12.1 Å². The molecule has 3 heterocycles. The molecule has 0 N–H and O–H groups in total. The molecule has 0 amide bonds. The Balaban J connectivity index is 1.44. The molecule has 5 rings (SSSR count). The maximum atomic E-state index is 12.9. The van der Waals surface area contributed by atoms with Gasteiger partial charge in [0.25, 0.3) is 0 Å². The summed E-state index contributed by atoms with van der Waals surface area (Å²) in [5.74, 6) is 0.753. The molecule has 8 heteroatoms. The van der Waals surface area contributed by atoms with Gasteiger partial charge < -0.3 is 23.7 Å². The quantitative estimate of drug-likeness (QED) is 0.400. The van der Waals surface area contributed by atoms with Crippen LogP contribution in [0.4, 0.5) is 0 Å². The van der Waals surface area contributed by atoms with Crippen LogP contribution in [0.3, 0.4) is 0 Å². The lowest BCUT2D eigenvalue weighted by molar-refractivity contribution is -0.144. The van der Waals surface area contributed by atoms with Crippen molar-refractivity contribution >= 4 is 29.4 Å². The first-order chi connectivity index (χ1) is 15.0. The van der Waals surface area contributed by atoms with E-state index in [0.717, 1.165) is 12.0 Å². The van der Waals surface area contributed by atoms with Crippen molar-refractivity contribution in [2.24, 2.45) is 0 Å². The Morgan fingerprint density at radius 3 is 2.94 bits per heavy atom. The highest BCUT2D eigenvalue weighted by Gasteiger charge is 2.32. The Labute approximate surface area is 183 Å². The van der Waals surface area contributed by atoms with E-state index >= 15 is 0 Å². The fraction of sp³-hybridized carbons (Fsp3) is 0.304. The van der Waals surface area contributed by atoms with Crippen LogP contribution in [0.1, 0.15) is 39.9 Å². The van der Waals surface area contributed by atoms with Gasteiger partial charge in [0.2, 0.25) is 5.78 Å². The maximum Gasteiger partial charge on any atom is 0.340 e. The van der Waals surface area contributed by atoms with Gasteiger partial charge in [-0.1, -0.05) is 11.6 Å². The third kappa shape index (κ3) is 3.69. The van der Waals surface area contributed by atoms with Crippen LogP contribution >= 0.6 is 11.6 Å². The molecule has 3 aliphatic heterocycles. The number of hydrogen-bond acceptors (Lipinski definition) is 7. The SMILES string of the molecule is Cc1c(OC(=O)C2CCCO2)ccc2c1O/C(=C\c1cc(Cl)cc3c1OCOC3)C2=O. The normalized spacial score (nSPS) is 20.8. The van der Waals surface area contributed by atoms with Crippen molar-refractivity contribution in [2.45, 2.75) is 32.5 Å². The molecule has 7 nitrogen and oxygen atoms in total. The molecule has 2 aromatic rings. The summed E-state index contributed by atoms with van der Waals surface area (Å²) < 4.78 is 27.7. The zero-order valence-corrected chi connectivity index (χ0v) is 17.5. The molecule has 0 saturated carbocycles. The highest BCUT2D eigenvalue weighted by molar-refractivity contribution is 6.31. The molecular formula is C23H19ClO7. The van der Waals surface area contributed by atoms with Gasteiger partial charge in [-0.15, -0.1) is 0 Å². The number of carbonyl (C=O) groups is 2. The number of Topliss-reactive ketones (excluding diaryl/α,β-unsaturated/α-hetero) is 1. The summed E-state index contributed by atoms with van der Waals surface area (Å²) >= 11 is 6.22. The van der Waals surface area contributed by atoms with Crippen molar-refractivity contribution < 1.29 is 33.3 Å². The minimum Gasteiger partial charge on any atom is -0.467 e. The second kappa shape index (κ2) is 8.00. The average Bonchev–Trinajstić information content (AvgIpc) is 3.40. The van der Waals surface area contributed by atoms with Gasteiger partial charge in [-0.3, -0.25) is 4.79 Å². The predicted octanol–water partition coefficient (Wildman–Crippen LogP) is 4.22. The van der Waals surface area contributed by atoms with Gasteiger partial charge >= 0.3 is 5.97 Å². The molecule has 1 atom stereocenters. The predicted molar refractivity (Wildman–Crippen MR) is 110 cm³/mol. The first-order valence-electron chi connectivity index (χ1n) is 9.95. The van der Waals surface area contributed by atoms with Crippen LogP contribution in [0, 0.1) is 6.92 Å². The first kappa shape index (κ1) is 20.1. The van der Waals surface area contributed by atoms with Crippen LogP contribution in [-0.4, -0.2) is 31.3 Å². The van der Waals surface area contributed by atoms with Crippen molar-refractivity contribution in [2.75, 3.05) is 13.4 Å². The van der Waals surface area contributed by atoms with Crippen LogP contribution in [-0.2, 0) is 20.9 Å². The van der Waals surface area contributed by atoms with E-state index in [4.69, 9.17) is 35.3 Å². The van der Waals surface area contributed by atoms with Gasteiger partial charge in [0.15, 0.2) is 18.7 Å². The number of halogens is 1. The Morgan fingerprint density at radius 2 is 2.13 bits per heavy atom. The van der Waals surface area contributed by atoms with Gasteiger partial charge in [0, 0.05) is 28.3 Å². The molecule has 160 valence electrons. The third-order valence-electron chi connectivity index (χ3n) is 5.43. The van der Waals surface area contributed by atoms with E-state index in [1.807, 2.05) is 0 Å². The number of rotatable bonds is 3. The zero-order chi connectivity index (χ0) is 21.5. The van der Waals surface area contributed by atoms with Crippen molar-refractivity contribution in [3.63, 3.8) is 0 Å². The summed E-state index contributed by atoms with van der Waals surface area (Å²) in [6, 6.07) is 6.68. The largest absolute Gasteiger partial charge is 0.467 e. The topological polar surface area (TPSA) is 80.3 Å². The number of fused-ring (bicyclic) bond motifs is 2. The Hall–Kier alpha value is -2.87. The number of benzene rings is 2. The second-order valence-electron chi connectivity index (χ2n) is 7.52. The Morgan fingerprint density at radius 1 is 1.26 bits per heavy atom. The number of ether oxygens (including phenoxy) is 5. The Bertz CT molecular complexity index is 1120. The fourth-order valence-corrected chi connectivity index (χ4v) is 4.12. The van der Waals surface area contributed by atoms with Crippen molar-refractivity contribution in [3.8, 4) is 17.2 Å². The number of carbonyl (C=O) groups excluding carboxylic acids is 2. The first-order valence-corrected chi connectivity index (χ1v) is 10.3. The molecular weight excluding hydrogens is 424 g/mol. The average molecular weight is 443 g/mol. The smallest absolute Gasteiger partial charge is 0.340 e. The summed E-state index contributed by atoms with van der Waals surface area (Å²) in [6.07, 6.45) is 2.53. The minimum atomic E-state index is -0.552. The fourth-order valence-electron chi connectivity index (χ4n) is 3.87. The van der Waals surface area contributed by atoms with Crippen molar-refractivity contribution in [1.82, 2.24) is 0 Å². The Kier molecular flexibility index (Phi) is 5.17. The van der Waals surface area contributed by atoms with E-state index in [1.165, 1.54) is 0 Å².